The van der Waals surface area contributed by atoms with Gasteiger partial charge < -0.3 is 4.43 Å². The predicted octanol–water partition coefficient (Wildman–Crippen LogP) is 1.61. The molecule has 8 heteroatoms. The summed E-state index contributed by atoms with van der Waals surface area (Å²) in [6.07, 6.45) is -3.11. The van der Waals surface area contributed by atoms with Crippen LogP contribution < -0.4 is 0 Å². The van der Waals surface area contributed by atoms with Crippen molar-refractivity contribution in [1.82, 2.24) is 0 Å². The van der Waals surface area contributed by atoms with Gasteiger partial charge in [0.1, 0.15) is 0 Å². The highest BCUT2D eigenvalue weighted by molar-refractivity contribution is 7.62. The predicted molar refractivity (Wildman–Crippen MR) is 48.8 cm³/mol. The molecule has 56 valence electrons. The normalized spacial score (nSPS) is 14.3. The van der Waals surface area contributed by atoms with E-state index in [1.807, 2.05) is 0 Å². The molecule has 0 atom stereocenters. The molecule has 0 aliphatic rings. The maximum Gasteiger partial charge on any atom is 0.495 e. The number of halogens is 5. The standard InChI is InChI=1S/CH3Cl5OSi2/c2-1(3,8)7-9(4,5)6/h8H3. The van der Waals surface area contributed by atoms with Crippen molar-refractivity contribution in [2.24, 2.45) is 0 Å². The molecule has 0 saturated heterocycles. The van der Waals surface area contributed by atoms with Crippen LogP contribution in [0.3, 0.4) is 0 Å². The third-order valence-electron chi connectivity index (χ3n) is 0.295. The molecular weight excluding hydrogens is 261 g/mol. The summed E-state index contributed by atoms with van der Waals surface area (Å²) in [7, 11) is 0.399. The fourth-order valence-corrected chi connectivity index (χ4v) is 5.49. The summed E-state index contributed by atoms with van der Waals surface area (Å²) in [5, 5.41) is 0. The first-order valence-electron chi connectivity index (χ1n) is 1.85. The second-order valence-corrected chi connectivity index (χ2v) is 13.3. The van der Waals surface area contributed by atoms with Crippen molar-refractivity contribution >= 4 is 72.9 Å². The summed E-state index contributed by atoms with van der Waals surface area (Å²) in [6, 6.07) is 0. The van der Waals surface area contributed by atoms with E-state index in [1.165, 1.54) is 0 Å². The maximum atomic E-state index is 5.40. The molecule has 0 aromatic rings. The van der Waals surface area contributed by atoms with Crippen LogP contribution in [0.1, 0.15) is 0 Å². The maximum absolute atomic E-state index is 5.40. The fraction of sp³-hybridized carbons (Fsp3) is 1.00. The molecule has 0 unspecified atom stereocenters. The molecule has 0 aliphatic carbocycles. The molecule has 0 saturated carbocycles. The molecule has 1 nitrogen and oxygen atoms in total. The van der Waals surface area contributed by atoms with Crippen molar-refractivity contribution in [3.05, 3.63) is 0 Å². The summed E-state index contributed by atoms with van der Waals surface area (Å²) in [5.41, 5.74) is 0. The minimum Gasteiger partial charge on any atom is -0.352 e. The molecule has 0 amide bonds. The first-order chi connectivity index (χ1) is 3.71. The van der Waals surface area contributed by atoms with Gasteiger partial charge in [-0.3, -0.25) is 0 Å². The van der Waals surface area contributed by atoms with Crippen molar-refractivity contribution in [2.45, 2.75) is 4.14 Å². The molecule has 0 heterocycles. The third kappa shape index (κ3) is 9.84. The van der Waals surface area contributed by atoms with Crippen LogP contribution in [0.5, 0.6) is 0 Å². The fourth-order valence-electron chi connectivity index (χ4n) is 0.203. The average Bonchev–Trinajstić information content (AvgIpc) is 1.14. The van der Waals surface area contributed by atoms with E-state index in [9.17, 15) is 0 Å². The van der Waals surface area contributed by atoms with Crippen LogP contribution in [-0.2, 0) is 4.43 Å². The van der Waals surface area contributed by atoms with Gasteiger partial charge in [-0.2, -0.15) is 0 Å². The molecule has 0 rings (SSSR count). The van der Waals surface area contributed by atoms with E-state index in [1.54, 1.807) is 0 Å². The number of hydrogen-bond acceptors (Lipinski definition) is 1. The summed E-state index contributed by atoms with van der Waals surface area (Å²) in [5.74, 6) is 0. The Morgan fingerprint density at radius 2 is 1.56 bits per heavy atom. The molecule has 0 bridgehead atoms. The lowest BCUT2D eigenvalue weighted by atomic mass is 11.6. The van der Waals surface area contributed by atoms with Crippen LogP contribution in [0.2, 0.25) is 0 Å². The van der Waals surface area contributed by atoms with Gasteiger partial charge in [0.25, 0.3) is 0 Å². The molecule has 0 fully saturated rings. The van der Waals surface area contributed by atoms with E-state index in [2.05, 4.69) is 4.43 Å². The van der Waals surface area contributed by atoms with Gasteiger partial charge in [0.15, 0.2) is 4.14 Å². The summed E-state index contributed by atoms with van der Waals surface area (Å²) in [4.78, 5) is 0. The molecule has 0 aliphatic heterocycles. The SMILES string of the molecule is [SiH3]C(Cl)(Cl)O[Si](Cl)(Cl)Cl. The second kappa shape index (κ2) is 3.49. The Kier molecular flexibility index (Phi) is 4.21. The van der Waals surface area contributed by atoms with Gasteiger partial charge in [-0.05, 0) is 0 Å². The summed E-state index contributed by atoms with van der Waals surface area (Å²) < 4.78 is 3.39. The molecule has 0 aromatic carbocycles. The van der Waals surface area contributed by atoms with Crippen molar-refractivity contribution in [2.75, 3.05) is 0 Å². The molecule has 0 aromatic heterocycles. The monoisotopic (exact) mass is 262 g/mol. The molecular formula is CH3Cl5OSi2. The van der Waals surface area contributed by atoms with Crippen LogP contribution in [0.15, 0.2) is 0 Å². The van der Waals surface area contributed by atoms with Crippen molar-refractivity contribution in [1.29, 1.82) is 0 Å². The lowest BCUT2D eigenvalue weighted by Crippen LogP contribution is -2.29. The minimum atomic E-state index is -3.11. The quantitative estimate of drug-likeness (QED) is 0.418. The highest BCUT2D eigenvalue weighted by Gasteiger charge is 2.35. The first kappa shape index (κ1) is 10.8. The second-order valence-electron chi connectivity index (χ2n) is 1.36. The highest BCUT2D eigenvalue weighted by atomic mass is 35.8. The Bertz CT molecular complexity index is 80.1. The zero-order chi connectivity index (χ0) is 7.71. The van der Waals surface area contributed by atoms with E-state index < -0.39 is 10.4 Å². The van der Waals surface area contributed by atoms with Gasteiger partial charge in [-0.25, -0.2) is 0 Å². The number of alkyl halides is 2. The van der Waals surface area contributed by atoms with E-state index >= 15 is 0 Å². The van der Waals surface area contributed by atoms with Crippen molar-refractivity contribution < 1.29 is 4.43 Å². The van der Waals surface area contributed by atoms with E-state index in [-0.39, 0.29) is 0 Å². The van der Waals surface area contributed by atoms with Crippen LogP contribution in [0.4, 0.5) is 0 Å². The molecule has 0 radical (unpaired) electrons. The molecule has 0 spiro atoms. The van der Waals surface area contributed by atoms with Crippen molar-refractivity contribution in [3.63, 3.8) is 0 Å². The average molecular weight is 264 g/mol. The van der Waals surface area contributed by atoms with Gasteiger partial charge in [-0.15, -0.1) is 0 Å². The smallest absolute Gasteiger partial charge is 0.352 e. The third-order valence-corrected chi connectivity index (χ3v) is 2.65. The number of hydrogen-bond donors (Lipinski definition) is 0. The van der Waals surface area contributed by atoms with Crippen LogP contribution in [-0.4, -0.2) is 20.6 Å². The van der Waals surface area contributed by atoms with Gasteiger partial charge in [0.2, 0.25) is 0 Å². The van der Waals surface area contributed by atoms with Gasteiger partial charge in [0.05, 0.1) is 10.2 Å². The Labute approximate surface area is 81.2 Å². The summed E-state index contributed by atoms with van der Waals surface area (Å²) in [6.45, 7) is 0. The molecule has 9 heavy (non-hydrogen) atoms. The van der Waals surface area contributed by atoms with Crippen LogP contribution in [0, 0.1) is 0 Å². The Morgan fingerprint density at radius 1 is 1.22 bits per heavy atom. The van der Waals surface area contributed by atoms with Crippen LogP contribution in [0.25, 0.3) is 0 Å². The first-order valence-corrected chi connectivity index (χ1v) is 8.55. The van der Waals surface area contributed by atoms with E-state index in [4.69, 9.17) is 56.4 Å². The Balaban J connectivity index is 3.75. The van der Waals surface area contributed by atoms with E-state index in [0.29, 0.717) is 10.2 Å². The largest absolute Gasteiger partial charge is 0.495 e. The Morgan fingerprint density at radius 3 is 1.56 bits per heavy atom. The lowest BCUT2D eigenvalue weighted by Gasteiger charge is -2.18. The van der Waals surface area contributed by atoms with E-state index in [0.717, 1.165) is 0 Å². The topological polar surface area (TPSA) is 9.23 Å². The van der Waals surface area contributed by atoms with Gasteiger partial charge in [-0.1, -0.05) is 56.4 Å². The molecule has 0 N–H and O–H groups in total. The Hall–Kier alpha value is 1.84. The van der Waals surface area contributed by atoms with Gasteiger partial charge in [0, 0.05) is 0 Å². The minimum absolute atomic E-state index is 0.399. The van der Waals surface area contributed by atoms with Crippen LogP contribution >= 0.6 is 56.4 Å². The number of rotatable bonds is 2. The van der Waals surface area contributed by atoms with Gasteiger partial charge >= 0.3 is 6.25 Å². The summed E-state index contributed by atoms with van der Waals surface area (Å²) >= 11 is 26.8. The van der Waals surface area contributed by atoms with Crippen molar-refractivity contribution in [3.8, 4) is 0 Å². The lowest BCUT2D eigenvalue weighted by molar-refractivity contribution is 0.339. The highest BCUT2D eigenvalue weighted by Crippen LogP contribution is 2.30. The zero-order valence-corrected chi connectivity index (χ0v) is 11.1. The zero-order valence-electron chi connectivity index (χ0n) is 4.30.